The fourth-order valence-electron chi connectivity index (χ4n) is 1.95. The van der Waals surface area contributed by atoms with Crippen LogP contribution in [0.2, 0.25) is 5.02 Å². The average Bonchev–Trinajstić information content (AvgIpc) is 2.56. The predicted molar refractivity (Wildman–Crippen MR) is 78.8 cm³/mol. The standard InChI is InChI=1S/C14H15ClN2O5/c1-21-14(20)9-2-3-10(15)11(8-9)16-12(18)13(19)17-4-6-22-7-5-17/h2-3,8H,4-7H2,1H3,(H,16,18). The first-order valence-corrected chi connectivity index (χ1v) is 6.96. The molecule has 0 spiro atoms. The third-order valence-electron chi connectivity index (χ3n) is 3.13. The van der Waals surface area contributed by atoms with Gasteiger partial charge in [0.15, 0.2) is 0 Å². The molecule has 0 saturated carbocycles. The second kappa shape index (κ2) is 7.24. The molecule has 0 unspecified atom stereocenters. The summed E-state index contributed by atoms with van der Waals surface area (Å²) in [6.45, 7) is 1.53. The molecule has 1 aliphatic rings. The van der Waals surface area contributed by atoms with E-state index in [1.807, 2.05) is 0 Å². The minimum absolute atomic E-state index is 0.177. The molecule has 1 heterocycles. The van der Waals surface area contributed by atoms with E-state index in [9.17, 15) is 14.4 Å². The van der Waals surface area contributed by atoms with Crippen LogP contribution >= 0.6 is 11.6 Å². The third kappa shape index (κ3) is 3.75. The summed E-state index contributed by atoms with van der Waals surface area (Å²) in [7, 11) is 1.25. The Bertz CT molecular complexity index is 599. The maximum atomic E-state index is 12.0. The van der Waals surface area contributed by atoms with Gasteiger partial charge in [0, 0.05) is 13.1 Å². The van der Waals surface area contributed by atoms with Crippen molar-refractivity contribution in [2.75, 3.05) is 38.7 Å². The lowest BCUT2D eigenvalue weighted by Gasteiger charge is -2.26. The van der Waals surface area contributed by atoms with Gasteiger partial charge in [-0.15, -0.1) is 0 Å². The van der Waals surface area contributed by atoms with Crippen molar-refractivity contribution < 1.29 is 23.9 Å². The van der Waals surface area contributed by atoms with Crippen LogP contribution in [-0.4, -0.2) is 56.1 Å². The molecule has 22 heavy (non-hydrogen) atoms. The molecule has 1 aromatic rings. The number of morpholine rings is 1. The maximum absolute atomic E-state index is 12.0. The van der Waals surface area contributed by atoms with Crippen LogP contribution < -0.4 is 5.32 Å². The van der Waals surface area contributed by atoms with Gasteiger partial charge in [-0.05, 0) is 18.2 Å². The molecular weight excluding hydrogens is 312 g/mol. The maximum Gasteiger partial charge on any atom is 0.337 e. The van der Waals surface area contributed by atoms with Gasteiger partial charge < -0.3 is 19.7 Å². The lowest BCUT2D eigenvalue weighted by atomic mass is 10.2. The summed E-state index contributed by atoms with van der Waals surface area (Å²) in [5.74, 6) is -2.04. The second-order valence-corrected chi connectivity index (χ2v) is 4.95. The molecular formula is C14H15ClN2O5. The van der Waals surface area contributed by atoms with Gasteiger partial charge in [-0.1, -0.05) is 11.6 Å². The molecule has 2 rings (SSSR count). The van der Waals surface area contributed by atoms with Crippen LogP contribution in [-0.2, 0) is 19.1 Å². The van der Waals surface area contributed by atoms with Gasteiger partial charge in [-0.2, -0.15) is 0 Å². The van der Waals surface area contributed by atoms with Crippen LogP contribution in [0.5, 0.6) is 0 Å². The van der Waals surface area contributed by atoms with Gasteiger partial charge in [0.25, 0.3) is 0 Å². The molecule has 1 aromatic carbocycles. The number of rotatable bonds is 2. The summed E-state index contributed by atoms with van der Waals surface area (Å²) in [5, 5.41) is 2.63. The monoisotopic (exact) mass is 326 g/mol. The number of hydrogen-bond donors (Lipinski definition) is 1. The number of esters is 1. The normalized spacial score (nSPS) is 14.4. The number of amides is 2. The Balaban J connectivity index is 2.10. The SMILES string of the molecule is COC(=O)c1ccc(Cl)c(NC(=O)C(=O)N2CCOCC2)c1. The zero-order valence-corrected chi connectivity index (χ0v) is 12.7. The Labute approximate surface area is 132 Å². The quantitative estimate of drug-likeness (QED) is 0.645. The summed E-state index contributed by atoms with van der Waals surface area (Å²) in [6.07, 6.45) is 0. The summed E-state index contributed by atoms with van der Waals surface area (Å²) in [4.78, 5) is 36.9. The molecule has 1 N–H and O–H groups in total. The lowest BCUT2D eigenvalue weighted by Crippen LogP contribution is -2.45. The fraction of sp³-hybridized carbons (Fsp3) is 0.357. The Morgan fingerprint density at radius 2 is 1.95 bits per heavy atom. The van der Waals surface area contributed by atoms with E-state index in [4.69, 9.17) is 16.3 Å². The number of halogens is 1. The van der Waals surface area contributed by atoms with E-state index in [2.05, 4.69) is 10.1 Å². The number of methoxy groups -OCH3 is 1. The highest BCUT2D eigenvalue weighted by molar-refractivity contribution is 6.41. The molecule has 0 aliphatic carbocycles. The fourth-order valence-corrected chi connectivity index (χ4v) is 2.12. The number of carbonyl (C=O) groups is 3. The second-order valence-electron chi connectivity index (χ2n) is 4.54. The first-order chi connectivity index (χ1) is 10.5. The highest BCUT2D eigenvalue weighted by Crippen LogP contribution is 2.23. The summed E-state index contributed by atoms with van der Waals surface area (Å²) in [5.41, 5.74) is 0.400. The molecule has 0 atom stereocenters. The molecule has 2 amide bonds. The van der Waals surface area contributed by atoms with E-state index in [0.29, 0.717) is 26.3 Å². The van der Waals surface area contributed by atoms with Crippen molar-refractivity contribution in [3.63, 3.8) is 0 Å². The molecule has 1 fully saturated rings. The van der Waals surface area contributed by atoms with Crippen molar-refractivity contribution in [1.29, 1.82) is 0 Å². The van der Waals surface area contributed by atoms with Crippen LogP contribution in [0.3, 0.4) is 0 Å². The third-order valence-corrected chi connectivity index (χ3v) is 3.46. The summed E-state index contributed by atoms with van der Waals surface area (Å²) >= 11 is 5.97. The van der Waals surface area contributed by atoms with Crippen molar-refractivity contribution in [3.05, 3.63) is 28.8 Å². The van der Waals surface area contributed by atoms with Gasteiger partial charge in [0.05, 0.1) is 36.6 Å². The number of nitrogens with zero attached hydrogens (tertiary/aromatic N) is 1. The minimum Gasteiger partial charge on any atom is -0.465 e. The van der Waals surface area contributed by atoms with Gasteiger partial charge in [0.2, 0.25) is 0 Å². The average molecular weight is 327 g/mol. The van der Waals surface area contributed by atoms with Gasteiger partial charge in [-0.25, -0.2) is 4.79 Å². The number of anilines is 1. The van der Waals surface area contributed by atoms with E-state index >= 15 is 0 Å². The van der Waals surface area contributed by atoms with Gasteiger partial charge in [0.1, 0.15) is 0 Å². The van der Waals surface area contributed by atoms with Crippen LogP contribution in [0.15, 0.2) is 18.2 Å². The Hall–Kier alpha value is -2.12. The first kappa shape index (κ1) is 16.3. The van der Waals surface area contributed by atoms with Crippen LogP contribution in [0.4, 0.5) is 5.69 Å². The first-order valence-electron chi connectivity index (χ1n) is 6.59. The molecule has 7 nitrogen and oxygen atoms in total. The zero-order valence-electron chi connectivity index (χ0n) is 11.9. The van der Waals surface area contributed by atoms with Crippen molar-refractivity contribution in [2.45, 2.75) is 0 Å². The van der Waals surface area contributed by atoms with Crippen molar-refractivity contribution in [1.82, 2.24) is 4.90 Å². The highest BCUT2D eigenvalue weighted by atomic mass is 35.5. The minimum atomic E-state index is -0.814. The van der Waals surface area contributed by atoms with Crippen LogP contribution in [0, 0.1) is 0 Å². The number of benzene rings is 1. The van der Waals surface area contributed by atoms with Gasteiger partial charge >= 0.3 is 17.8 Å². The van der Waals surface area contributed by atoms with E-state index < -0.39 is 17.8 Å². The highest BCUT2D eigenvalue weighted by Gasteiger charge is 2.24. The summed E-state index contributed by atoms with van der Waals surface area (Å²) in [6, 6.07) is 4.27. The smallest absolute Gasteiger partial charge is 0.337 e. The number of nitrogens with one attached hydrogen (secondary N) is 1. The number of carbonyl (C=O) groups excluding carboxylic acids is 3. The van der Waals surface area contributed by atoms with Gasteiger partial charge in [-0.3, -0.25) is 9.59 Å². The van der Waals surface area contributed by atoms with Crippen molar-refractivity contribution in [3.8, 4) is 0 Å². The molecule has 0 bridgehead atoms. The molecule has 0 aromatic heterocycles. The van der Waals surface area contributed by atoms with E-state index in [1.54, 1.807) is 0 Å². The number of hydrogen-bond acceptors (Lipinski definition) is 5. The predicted octanol–water partition coefficient (Wildman–Crippen LogP) is 0.924. The topological polar surface area (TPSA) is 84.9 Å². The van der Waals surface area contributed by atoms with E-state index in [1.165, 1.54) is 30.2 Å². The molecule has 118 valence electrons. The van der Waals surface area contributed by atoms with Crippen LogP contribution in [0.25, 0.3) is 0 Å². The van der Waals surface area contributed by atoms with Crippen molar-refractivity contribution in [2.24, 2.45) is 0 Å². The summed E-state index contributed by atoms with van der Waals surface area (Å²) < 4.78 is 9.72. The van der Waals surface area contributed by atoms with Crippen LogP contribution in [0.1, 0.15) is 10.4 Å². The Morgan fingerprint density at radius 3 is 2.59 bits per heavy atom. The Morgan fingerprint density at radius 1 is 1.27 bits per heavy atom. The largest absolute Gasteiger partial charge is 0.465 e. The Kier molecular flexibility index (Phi) is 5.35. The molecule has 1 aliphatic heterocycles. The van der Waals surface area contributed by atoms with Crippen molar-refractivity contribution >= 4 is 35.1 Å². The number of ether oxygens (including phenoxy) is 2. The van der Waals surface area contributed by atoms with E-state index in [-0.39, 0.29) is 16.3 Å². The molecule has 1 saturated heterocycles. The van der Waals surface area contributed by atoms with E-state index in [0.717, 1.165) is 0 Å². The molecule has 8 heteroatoms. The lowest BCUT2D eigenvalue weighted by molar-refractivity contribution is -0.145. The zero-order chi connectivity index (χ0) is 16.1. The molecule has 0 radical (unpaired) electrons.